The van der Waals surface area contributed by atoms with Crippen LogP contribution in [0.1, 0.15) is 58.8 Å². The highest BCUT2D eigenvalue weighted by molar-refractivity contribution is 4.76. The first-order valence-electron chi connectivity index (χ1n) is 7.44. The van der Waals surface area contributed by atoms with Crippen molar-refractivity contribution in [3.8, 4) is 0 Å². The maximum atomic E-state index is 5.99. The van der Waals surface area contributed by atoms with Gasteiger partial charge >= 0.3 is 0 Å². The Bertz CT molecular complexity index is 272. The van der Waals surface area contributed by atoms with E-state index in [-0.39, 0.29) is 0 Å². The van der Waals surface area contributed by atoms with Crippen LogP contribution in [0.15, 0.2) is 18.7 Å². The Labute approximate surface area is 112 Å². The van der Waals surface area contributed by atoms with Crippen molar-refractivity contribution in [2.24, 2.45) is 0 Å². The molecule has 0 aliphatic rings. The molecule has 0 radical (unpaired) electrons. The molecule has 1 aromatic rings. The highest BCUT2D eigenvalue weighted by Crippen LogP contribution is 2.11. The summed E-state index contributed by atoms with van der Waals surface area (Å²) >= 11 is 0. The molecule has 0 aromatic carbocycles. The van der Waals surface area contributed by atoms with Crippen LogP contribution < -0.4 is 0 Å². The van der Waals surface area contributed by atoms with Gasteiger partial charge in [-0.2, -0.15) is 0 Å². The number of unbranched alkanes of at least 4 members (excludes halogenated alkanes) is 4. The summed E-state index contributed by atoms with van der Waals surface area (Å²) < 4.78 is 8.11. The van der Waals surface area contributed by atoms with Crippen LogP contribution in [0, 0.1) is 0 Å². The Morgan fingerprint density at radius 3 is 2.61 bits per heavy atom. The Balaban J connectivity index is 2.27. The largest absolute Gasteiger partial charge is 0.376 e. The second kappa shape index (κ2) is 10.1. The maximum absolute atomic E-state index is 5.99. The summed E-state index contributed by atoms with van der Waals surface area (Å²) in [5, 5.41) is 0. The molecule has 0 saturated carbocycles. The second-order valence-electron chi connectivity index (χ2n) is 4.96. The zero-order valence-corrected chi connectivity index (χ0v) is 12.0. The third-order valence-electron chi connectivity index (χ3n) is 3.20. The van der Waals surface area contributed by atoms with Gasteiger partial charge in [0, 0.05) is 25.5 Å². The molecule has 0 amide bonds. The van der Waals surface area contributed by atoms with Gasteiger partial charge in [0.1, 0.15) is 0 Å². The van der Waals surface area contributed by atoms with Gasteiger partial charge in [-0.05, 0) is 12.8 Å². The Morgan fingerprint density at radius 1 is 1.11 bits per heavy atom. The molecular formula is C15H28N2O. The molecule has 104 valence electrons. The normalized spacial score (nSPS) is 12.8. The quantitative estimate of drug-likeness (QED) is 0.556. The van der Waals surface area contributed by atoms with E-state index in [1.165, 1.54) is 38.5 Å². The lowest BCUT2D eigenvalue weighted by molar-refractivity contribution is 0.0324. The van der Waals surface area contributed by atoms with Gasteiger partial charge in [-0.3, -0.25) is 0 Å². The average Bonchev–Trinajstić information content (AvgIpc) is 2.87. The van der Waals surface area contributed by atoms with Gasteiger partial charge in [0.25, 0.3) is 0 Å². The molecule has 18 heavy (non-hydrogen) atoms. The van der Waals surface area contributed by atoms with E-state index in [1.54, 1.807) is 0 Å². The van der Waals surface area contributed by atoms with E-state index in [0.717, 1.165) is 19.6 Å². The van der Waals surface area contributed by atoms with E-state index in [2.05, 4.69) is 23.4 Å². The fraction of sp³-hybridized carbons (Fsp3) is 0.800. The molecule has 1 atom stereocenters. The zero-order valence-electron chi connectivity index (χ0n) is 12.0. The van der Waals surface area contributed by atoms with Crippen LogP contribution in [0.2, 0.25) is 0 Å². The van der Waals surface area contributed by atoms with Gasteiger partial charge in [0.2, 0.25) is 0 Å². The lowest BCUT2D eigenvalue weighted by Gasteiger charge is -2.18. The van der Waals surface area contributed by atoms with Gasteiger partial charge < -0.3 is 9.30 Å². The molecule has 0 fully saturated rings. The summed E-state index contributed by atoms with van der Waals surface area (Å²) in [6, 6.07) is 0. The van der Waals surface area contributed by atoms with E-state index in [1.807, 2.05) is 18.7 Å². The molecule has 1 aromatic heterocycles. The Morgan fingerprint density at radius 2 is 1.94 bits per heavy atom. The molecule has 1 rings (SSSR count). The van der Waals surface area contributed by atoms with Crippen molar-refractivity contribution in [1.82, 2.24) is 9.55 Å². The lowest BCUT2D eigenvalue weighted by Crippen LogP contribution is -2.20. The van der Waals surface area contributed by atoms with Crippen molar-refractivity contribution in [2.75, 3.05) is 6.61 Å². The first-order valence-corrected chi connectivity index (χ1v) is 7.44. The van der Waals surface area contributed by atoms with Gasteiger partial charge in [-0.15, -0.1) is 0 Å². The zero-order chi connectivity index (χ0) is 13.1. The smallest absolute Gasteiger partial charge is 0.0946 e. The number of hydrogen-bond acceptors (Lipinski definition) is 2. The van der Waals surface area contributed by atoms with Crippen molar-refractivity contribution in [3.63, 3.8) is 0 Å². The van der Waals surface area contributed by atoms with Crippen molar-refractivity contribution < 1.29 is 4.74 Å². The third-order valence-corrected chi connectivity index (χ3v) is 3.20. The van der Waals surface area contributed by atoms with Crippen LogP contribution in [0.3, 0.4) is 0 Å². The van der Waals surface area contributed by atoms with E-state index in [0.29, 0.717) is 6.10 Å². The molecular weight excluding hydrogens is 224 g/mol. The summed E-state index contributed by atoms with van der Waals surface area (Å²) in [5.74, 6) is 0. The van der Waals surface area contributed by atoms with E-state index in [4.69, 9.17) is 4.74 Å². The number of imidazole rings is 1. The van der Waals surface area contributed by atoms with Crippen molar-refractivity contribution in [1.29, 1.82) is 0 Å². The van der Waals surface area contributed by atoms with E-state index >= 15 is 0 Å². The molecule has 1 heterocycles. The van der Waals surface area contributed by atoms with Gasteiger partial charge in [-0.1, -0.05) is 46.0 Å². The second-order valence-corrected chi connectivity index (χ2v) is 4.96. The third kappa shape index (κ3) is 6.80. The first kappa shape index (κ1) is 15.2. The monoisotopic (exact) mass is 252 g/mol. The number of hydrogen-bond donors (Lipinski definition) is 0. The molecule has 0 bridgehead atoms. The average molecular weight is 252 g/mol. The summed E-state index contributed by atoms with van der Waals surface area (Å²) in [4.78, 5) is 4.09. The number of rotatable bonds is 11. The van der Waals surface area contributed by atoms with Gasteiger partial charge in [0.05, 0.1) is 12.4 Å². The van der Waals surface area contributed by atoms with Crippen molar-refractivity contribution >= 4 is 0 Å². The standard InChI is InChI=1S/C15H28N2O/c1-3-5-7-8-9-15(18-12-6-4-2)13-17-11-10-16-14-17/h10-11,14-15H,3-9,12-13H2,1-2H3. The highest BCUT2D eigenvalue weighted by Gasteiger charge is 2.09. The van der Waals surface area contributed by atoms with Crippen molar-refractivity contribution in [2.45, 2.75) is 71.4 Å². The van der Waals surface area contributed by atoms with Crippen LogP contribution >= 0.6 is 0 Å². The summed E-state index contributed by atoms with van der Waals surface area (Å²) in [5.41, 5.74) is 0. The predicted molar refractivity (Wildman–Crippen MR) is 75.6 cm³/mol. The summed E-state index contributed by atoms with van der Waals surface area (Å²) in [6.07, 6.45) is 14.8. The van der Waals surface area contributed by atoms with Crippen molar-refractivity contribution in [3.05, 3.63) is 18.7 Å². The fourth-order valence-corrected chi connectivity index (χ4v) is 2.05. The topological polar surface area (TPSA) is 27.1 Å². The molecule has 1 unspecified atom stereocenters. The number of nitrogens with zero attached hydrogens (tertiary/aromatic N) is 2. The lowest BCUT2D eigenvalue weighted by atomic mass is 10.1. The number of aromatic nitrogens is 2. The summed E-state index contributed by atoms with van der Waals surface area (Å²) in [7, 11) is 0. The predicted octanol–water partition coefficient (Wildman–Crippen LogP) is 4.04. The Hall–Kier alpha value is -0.830. The minimum Gasteiger partial charge on any atom is -0.376 e. The minimum atomic E-state index is 0.350. The van der Waals surface area contributed by atoms with Crippen LogP contribution in [0.5, 0.6) is 0 Å². The SMILES string of the molecule is CCCCCCC(Cn1ccnc1)OCCCC. The molecule has 3 heteroatoms. The van der Waals surface area contributed by atoms with Crippen LogP contribution in [0.4, 0.5) is 0 Å². The molecule has 0 saturated heterocycles. The molecule has 3 nitrogen and oxygen atoms in total. The van der Waals surface area contributed by atoms with E-state index < -0.39 is 0 Å². The van der Waals surface area contributed by atoms with Crippen LogP contribution in [-0.2, 0) is 11.3 Å². The molecule has 0 N–H and O–H groups in total. The molecule has 0 spiro atoms. The van der Waals surface area contributed by atoms with Crippen LogP contribution in [0.25, 0.3) is 0 Å². The van der Waals surface area contributed by atoms with Gasteiger partial charge in [0.15, 0.2) is 0 Å². The highest BCUT2D eigenvalue weighted by atomic mass is 16.5. The molecule has 0 aliphatic carbocycles. The number of ether oxygens (including phenoxy) is 1. The first-order chi connectivity index (χ1) is 8.86. The van der Waals surface area contributed by atoms with E-state index in [9.17, 15) is 0 Å². The van der Waals surface area contributed by atoms with Gasteiger partial charge in [-0.25, -0.2) is 4.98 Å². The Kier molecular flexibility index (Phi) is 8.57. The van der Waals surface area contributed by atoms with Crippen LogP contribution in [-0.4, -0.2) is 22.3 Å². The maximum Gasteiger partial charge on any atom is 0.0946 e. The molecule has 0 aliphatic heterocycles. The summed E-state index contributed by atoms with van der Waals surface area (Å²) in [6.45, 7) is 6.29. The minimum absolute atomic E-state index is 0.350. The fourth-order valence-electron chi connectivity index (χ4n) is 2.05.